The van der Waals surface area contributed by atoms with Crippen molar-refractivity contribution in [2.24, 2.45) is 0 Å². The SMILES string of the molecule is Cc1ccc2c(-c3ccc(C4CC4)cc3O)nnc(NC3CCCN(C)C3)c2c1. The van der Waals surface area contributed by atoms with Gasteiger partial charge in [0.2, 0.25) is 0 Å². The fourth-order valence-electron chi connectivity index (χ4n) is 4.47. The lowest BCUT2D eigenvalue weighted by Crippen LogP contribution is -2.40. The Labute approximate surface area is 171 Å². The molecule has 1 saturated heterocycles. The number of hydrogen-bond donors (Lipinski definition) is 2. The summed E-state index contributed by atoms with van der Waals surface area (Å²) < 4.78 is 0. The second-order valence-electron chi connectivity index (χ2n) is 8.74. The van der Waals surface area contributed by atoms with E-state index in [0.29, 0.717) is 17.7 Å². The smallest absolute Gasteiger partial charge is 0.156 e. The summed E-state index contributed by atoms with van der Waals surface area (Å²) in [5.41, 5.74) is 3.90. The molecule has 2 N–H and O–H groups in total. The first-order valence-electron chi connectivity index (χ1n) is 10.6. The highest BCUT2D eigenvalue weighted by atomic mass is 16.3. The summed E-state index contributed by atoms with van der Waals surface area (Å²) in [5.74, 6) is 1.74. The quantitative estimate of drug-likeness (QED) is 0.679. The van der Waals surface area contributed by atoms with Gasteiger partial charge in [0.05, 0.1) is 0 Å². The topological polar surface area (TPSA) is 61.3 Å². The van der Waals surface area contributed by atoms with E-state index < -0.39 is 0 Å². The van der Waals surface area contributed by atoms with Gasteiger partial charge in [-0.15, -0.1) is 10.2 Å². The van der Waals surface area contributed by atoms with Crippen molar-refractivity contribution < 1.29 is 5.11 Å². The van der Waals surface area contributed by atoms with E-state index in [9.17, 15) is 5.11 Å². The molecule has 29 heavy (non-hydrogen) atoms. The number of piperidine rings is 1. The third-order valence-electron chi connectivity index (χ3n) is 6.23. The van der Waals surface area contributed by atoms with Crippen LogP contribution in [0.1, 0.15) is 42.7 Å². The van der Waals surface area contributed by atoms with Gasteiger partial charge in [-0.1, -0.05) is 23.8 Å². The Morgan fingerprint density at radius 2 is 1.90 bits per heavy atom. The number of benzene rings is 2. The van der Waals surface area contributed by atoms with Gasteiger partial charge in [0.25, 0.3) is 0 Å². The van der Waals surface area contributed by atoms with E-state index in [0.717, 1.165) is 47.4 Å². The van der Waals surface area contributed by atoms with Crippen molar-refractivity contribution in [2.75, 3.05) is 25.5 Å². The lowest BCUT2D eigenvalue weighted by atomic mass is 9.99. The number of phenols is 1. The molecule has 5 nitrogen and oxygen atoms in total. The Balaban J connectivity index is 1.56. The van der Waals surface area contributed by atoms with Crippen molar-refractivity contribution in [3.8, 4) is 17.0 Å². The van der Waals surface area contributed by atoms with Crippen molar-refractivity contribution in [1.29, 1.82) is 0 Å². The maximum Gasteiger partial charge on any atom is 0.156 e. The maximum atomic E-state index is 10.7. The van der Waals surface area contributed by atoms with Crippen molar-refractivity contribution >= 4 is 16.6 Å². The molecule has 1 saturated carbocycles. The summed E-state index contributed by atoms with van der Waals surface area (Å²) in [6.07, 6.45) is 4.78. The third-order valence-corrected chi connectivity index (χ3v) is 6.23. The van der Waals surface area contributed by atoms with Gasteiger partial charge >= 0.3 is 0 Å². The van der Waals surface area contributed by atoms with Gasteiger partial charge in [-0.05, 0) is 75.9 Å². The van der Waals surface area contributed by atoms with Crippen LogP contribution in [-0.2, 0) is 0 Å². The molecule has 150 valence electrons. The average molecular weight is 389 g/mol. The highest BCUT2D eigenvalue weighted by Crippen LogP contribution is 2.43. The Hall–Kier alpha value is -2.66. The van der Waals surface area contributed by atoms with Crippen LogP contribution in [0.4, 0.5) is 5.82 Å². The van der Waals surface area contributed by atoms with Crippen molar-refractivity contribution in [2.45, 2.75) is 44.6 Å². The second-order valence-corrected chi connectivity index (χ2v) is 8.74. The van der Waals surface area contributed by atoms with Gasteiger partial charge in [0.15, 0.2) is 5.82 Å². The molecule has 3 aromatic rings. The molecule has 5 heteroatoms. The minimum absolute atomic E-state index is 0.292. The first kappa shape index (κ1) is 18.4. The van der Waals surface area contributed by atoms with Gasteiger partial charge in [-0.2, -0.15) is 0 Å². The Morgan fingerprint density at radius 1 is 1.03 bits per heavy atom. The summed E-state index contributed by atoms with van der Waals surface area (Å²) in [7, 11) is 2.17. The van der Waals surface area contributed by atoms with Gasteiger partial charge in [-0.3, -0.25) is 0 Å². The van der Waals surface area contributed by atoms with E-state index in [1.807, 2.05) is 12.1 Å². The van der Waals surface area contributed by atoms with Gasteiger partial charge in [-0.25, -0.2) is 0 Å². The molecule has 5 rings (SSSR count). The monoisotopic (exact) mass is 388 g/mol. The van der Waals surface area contributed by atoms with Crippen LogP contribution >= 0.6 is 0 Å². The molecule has 2 heterocycles. The van der Waals surface area contributed by atoms with E-state index in [4.69, 9.17) is 0 Å². The minimum Gasteiger partial charge on any atom is -0.507 e. The van der Waals surface area contributed by atoms with Crippen LogP contribution in [0.25, 0.3) is 22.0 Å². The predicted octanol–water partition coefficient (Wildman–Crippen LogP) is 4.69. The molecule has 1 aromatic heterocycles. The minimum atomic E-state index is 0.292. The summed E-state index contributed by atoms with van der Waals surface area (Å²) >= 11 is 0. The zero-order chi connectivity index (χ0) is 20.0. The molecular weight excluding hydrogens is 360 g/mol. The Bertz CT molecular complexity index is 1060. The molecular formula is C24H28N4O. The number of nitrogens with one attached hydrogen (secondary N) is 1. The van der Waals surface area contributed by atoms with Crippen molar-refractivity contribution in [3.63, 3.8) is 0 Å². The molecule has 2 aliphatic rings. The zero-order valence-electron chi connectivity index (χ0n) is 17.2. The first-order chi connectivity index (χ1) is 14.1. The summed E-state index contributed by atoms with van der Waals surface area (Å²) in [6, 6.07) is 12.8. The van der Waals surface area contributed by atoms with Crippen LogP contribution in [0.2, 0.25) is 0 Å². The second kappa shape index (κ2) is 7.30. The first-order valence-corrected chi connectivity index (χ1v) is 10.6. The fourth-order valence-corrected chi connectivity index (χ4v) is 4.47. The van der Waals surface area contributed by atoms with Crippen LogP contribution in [0.5, 0.6) is 5.75 Å². The number of nitrogens with zero attached hydrogens (tertiary/aromatic N) is 3. The molecule has 1 aliphatic heterocycles. The summed E-state index contributed by atoms with van der Waals surface area (Å²) in [4.78, 5) is 2.36. The standard InChI is InChI=1S/C24H28N4O/c1-15-5-9-19-21(12-15)24(25-18-4-3-11-28(2)14-18)27-26-23(19)20-10-8-17(13-22(20)29)16-6-7-16/h5,8-10,12-13,16,18,29H,3-4,6-7,11,14H2,1-2H3,(H,25,27). The van der Waals surface area contributed by atoms with Crippen LogP contribution in [0.15, 0.2) is 36.4 Å². The lowest BCUT2D eigenvalue weighted by molar-refractivity contribution is 0.261. The molecule has 1 unspecified atom stereocenters. The molecule has 1 atom stereocenters. The molecule has 0 radical (unpaired) electrons. The Morgan fingerprint density at radius 3 is 2.66 bits per heavy atom. The summed E-state index contributed by atoms with van der Waals surface area (Å²) in [6.45, 7) is 4.26. The normalized spacial score (nSPS) is 20.1. The number of aryl methyl sites for hydroxylation is 1. The average Bonchev–Trinajstić information content (AvgIpc) is 3.54. The van der Waals surface area contributed by atoms with Gasteiger partial charge < -0.3 is 15.3 Å². The molecule has 2 aromatic carbocycles. The van der Waals surface area contributed by atoms with Crippen molar-refractivity contribution in [3.05, 3.63) is 47.5 Å². The molecule has 1 aliphatic carbocycles. The van der Waals surface area contributed by atoms with Gasteiger partial charge in [0.1, 0.15) is 11.4 Å². The number of likely N-dealkylation sites (N-methyl/N-ethyl adjacent to an activating group) is 1. The highest BCUT2D eigenvalue weighted by molar-refractivity contribution is 6.01. The predicted molar refractivity (Wildman–Crippen MR) is 117 cm³/mol. The van der Waals surface area contributed by atoms with Gasteiger partial charge in [0, 0.05) is 28.9 Å². The molecule has 0 amide bonds. The molecule has 2 fully saturated rings. The number of likely N-dealkylation sites (tertiary alicyclic amines) is 1. The summed E-state index contributed by atoms with van der Waals surface area (Å²) in [5, 5.41) is 25.5. The van der Waals surface area contributed by atoms with Crippen LogP contribution in [-0.4, -0.2) is 46.4 Å². The third kappa shape index (κ3) is 3.67. The number of aromatic nitrogens is 2. The van der Waals surface area contributed by atoms with E-state index in [1.54, 1.807) is 0 Å². The van der Waals surface area contributed by atoms with Crippen molar-refractivity contribution in [1.82, 2.24) is 15.1 Å². The van der Waals surface area contributed by atoms with Crippen LogP contribution in [0, 0.1) is 6.92 Å². The Kier molecular flexibility index (Phi) is 4.63. The highest BCUT2D eigenvalue weighted by Gasteiger charge is 2.25. The lowest BCUT2D eigenvalue weighted by Gasteiger charge is -2.30. The number of aromatic hydroxyl groups is 1. The largest absolute Gasteiger partial charge is 0.507 e. The number of rotatable bonds is 4. The van der Waals surface area contributed by atoms with Crippen LogP contribution < -0.4 is 5.32 Å². The fraction of sp³-hybridized carbons (Fsp3) is 0.417. The van der Waals surface area contributed by atoms with E-state index in [2.05, 4.69) is 58.7 Å². The number of phenolic OH excluding ortho intramolecular Hbond substituents is 1. The molecule has 0 spiro atoms. The van der Waals surface area contributed by atoms with E-state index in [1.165, 1.54) is 30.4 Å². The molecule has 0 bridgehead atoms. The van der Waals surface area contributed by atoms with Crippen LogP contribution in [0.3, 0.4) is 0 Å². The van der Waals surface area contributed by atoms with E-state index in [-0.39, 0.29) is 0 Å². The zero-order valence-corrected chi connectivity index (χ0v) is 17.2. The number of fused-ring (bicyclic) bond motifs is 1. The number of hydrogen-bond acceptors (Lipinski definition) is 5. The maximum absolute atomic E-state index is 10.7. The number of anilines is 1. The van der Waals surface area contributed by atoms with E-state index >= 15 is 0 Å².